The van der Waals surface area contributed by atoms with Crippen molar-refractivity contribution in [3.05, 3.63) is 59.0 Å². The van der Waals surface area contributed by atoms with E-state index < -0.39 is 41.8 Å². The SMILES string of the molecule is O=C1C[C@H](C(=O)N2CCN(C(=O)c3ccco3)CC2)CN1Cc1cc(C(F)(F)F)cc(C(F)(F)F)c1. The van der Waals surface area contributed by atoms with Crippen LogP contribution in [0.3, 0.4) is 0 Å². The van der Waals surface area contributed by atoms with Crippen LogP contribution in [0, 0.1) is 5.92 Å². The first-order valence-corrected chi connectivity index (χ1v) is 11.0. The standard InChI is InChI=1S/C23H21F6N3O4/c24-22(25,26)16-8-14(9-17(11-16)23(27,28)29)12-32-13-15(10-19(32)33)20(34)30-3-5-31(6-4-30)21(35)18-2-1-7-36-18/h1-2,7-9,11,15H,3-6,10,12-13H2/t15-/m0/s1. The van der Waals surface area contributed by atoms with Crippen molar-refractivity contribution in [3.8, 4) is 0 Å². The van der Waals surface area contributed by atoms with Gasteiger partial charge in [-0.1, -0.05) is 0 Å². The summed E-state index contributed by atoms with van der Waals surface area (Å²) < 4.78 is 83.9. The lowest BCUT2D eigenvalue weighted by molar-refractivity contribution is -0.143. The number of rotatable bonds is 4. The Morgan fingerprint density at radius 3 is 2.03 bits per heavy atom. The molecule has 0 saturated carbocycles. The highest BCUT2D eigenvalue weighted by molar-refractivity contribution is 5.92. The van der Waals surface area contributed by atoms with Gasteiger partial charge in [0.15, 0.2) is 5.76 Å². The smallest absolute Gasteiger partial charge is 0.416 e. The Labute approximate surface area is 201 Å². The van der Waals surface area contributed by atoms with E-state index in [2.05, 4.69) is 0 Å². The summed E-state index contributed by atoms with van der Waals surface area (Å²) in [5.74, 6) is -1.80. The Morgan fingerprint density at radius 2 is 1.50 bits per heavy atom. The summed E-state index contributed by atoms with van der Waals surface area (Å²) in [5, 5.41) is 0. The van der Waals surface area contributed by atoms with Gasteiger partial charge >= 0.3 is 12.4 Å². The van der Waals surface area contributed by atoms with Gasteiger partial charge in [-0.25, -0.2) is 0 Å². The number of nitrogens with zero attached hydrogens (tertiary/aromatic N) is 3. The third-order valence-electron chi connectivity index (χ3n) is 6.20. The highest BCUT2D eigenvalue weighted by Gasteiger charge is 2.40. The molecule has 13 heteroatoms. The van der Waals surface area contributed by atoms with Gasteiger partial charge in [0, 0.05) is 45.7 Å². The molecule has 2 aromatic rings. The van der Waals surface area contributed by atoms with E-state index in [-0.39, 0.29) is 68.3 Å². The lowest BCUT2D eigenvalue weighted by atomic mass is 10.0. The van der Waals surface area contributed by atoms with E-state index >= 15 is 0 Å². The summed E-state index contributed by atoms with van der Waals surface area (Å²) in [6.07, 6.45) is -8.82. The number of amides is 3. The van der Waals surface area contributed by atoms with Crippen molar-refractivity contribution in [2.75, 3.05) is 32.7 Å². The molecule has 194 valence electrons. The van der Waals surface area contributed by atoms with Crippen LogP contribution in [0.5, 0.6) is 0 Å². The molecule has 0 bridgehead atoms. The second kappa shape index (κ2) is 9.51. The maximum atomic E-state index is 13.1. The summed E-state index contributed by atoms with van der Waals surface area (Å²) in [4.78, 5) is 41.9. The second-order valence-electron chi connectivity index (χ2n) is 8.68. The highest BCUT2D eigenvalue weighted by Crippen LogP contribution is 2.37. The Bertz CT molecular complexity index is 1110. The van der Waals surface area contributed by atoms with E-state index in [9.17, 15) is 40.7 Å². The Hall–Kier alpha value is -3.51. The Balaban J connectivity index is 1.39. The Morgan fingerprint density at radius 1 is 0.917 bits per heavy atom. The first-order chi connectivity index (χ1) is 16.8. The number of furan rings is 1. The molecule has 3 amide bonds. The number of carbonyl (C=O) groups is 3. The second-order valence-corrected chi connectivity index (χ2v) is 8.68. The van der Waals surface area contributed by atoms with Crippen LogP contribution in [0.15, 0.2) is 41.0 Å². The molecule has 1 aromatic heterocycles. The van der Waals surface area contributed by atoms with Gasteiger partial charge in [0.1, 0.15) is 0 Å². The quantitative estimate of drug-likeness (QED) is 0.581. The number of halogens is 6. The van der Waals surface area contributed by atoms with Crippen molar-refractivity contribution in [1.82, 2.24) is 14.7 Å². The maximum absolute atomic E-state index is 13.1. The van der Waals surface area contributed by atoms with Gasteiger partial charge in [-0.05, 0) is 35.9 Å². The van der Waals surface area contributed by atoms with E-state index in [1.54, 1.807) is 6.07 Å². The number of hydrogen-bond donors (Lipinski definition) is 0. The molecule has 1 atom stereocenters. The van der Waals surface area contributed by atoms with Gasteiger partial charge in [0.2, 0.25) is 11.8 Å². The van der Waals surface area contributed by atoms with Gasteiger partial charge in [0.05, 0.1) is 23.3 Å². The lowest BCUT2D eigenvalue weighted by Crippen LogP contribution is -2.52. The van der Waals surface area contributed by atoms with Crippen LogP contribution in [0.4, 0.5) is 26.3 Å². The fourth-order valence-electron chi connectivity index (χ4n) is 4.37. The summed E-state index contributed by atoms with van der Waals surface area (Å²) in [6.45, 7) is 0.332. The fourth-order valence-corrected chi connectivity index (χ4v) is 4.37. The minimum Gasteiger partial charge on any atom is -0.459 e. The van der Waals surface area contributed by atoms with E-state index in [0.29, 0.717) is 12.1 Å². The van der Waals surface area contributed by atoms with E-state index in [1.807, 2.05) is 0 Å². The third-order valence-corrected chi connectivity index (χ3v) is 6.20. The molecule has 2 aliphatic rings. The molecule has 2 aliphatic heterocycles. The number of benzene rings is 1. The largest absolute Gasteiger partial charge is 0.459 e. The lowest BCUT2D eigenvalue weighted by Gasteiger charge is -2.35. The zero-order valence-electron chi connectivity index (χ0n) is 18.7. The average molecular weight is 517 g/mol. The molecule has 0 radical (unpaired) electrons. The highest BCUT2D eigenvalue weighted by atomic mass is 19.4. The molecule has 0 spiro atoms. The first-order valence-electron chi connectivity index (χ1n) is 11.0. The number of carbonyl (C=O) groups excluding carboxylic acids is 3. The zero-order valence-corrected chi connectivity index (χ0v) is 18.7. The van der Waals surface area contributed by atoms with Crippen LogP contribution in [-0.4, -0.2) is 65.1 Å². The molecule has 0 aliphatic carbocycles. The van der Waals surface area contributed by atoms with Crippen molar-refractivity contribution in [2.45, 2.75) is 25.3 Å². The van der Waals surface area contributed by atoms with Crippen molar-refractivity contribution in [1.29, 1.82) is 0 Å². The van der Waals surface area contributed by atoms with Crippen LogP contribution in [0.1, 0.15) is 33.7 Å². The predicted octanol–water partition coefficient (Wildman–Crippen LogP) is 3.65. The maximum Gasteiger partial charge on any atom is 0.416 e. The molecule has 7 nitrogen and oxygen atoms in total. The van der Waals surface area contributed by atoms with Crippen LogP contribution in [0.2, 0.25) is 0 Å². The minimum atomic E-state index is -5.00. The topological polar surface area (TPSA) is 74.1 Å². The average Bonchev–Trinajstić information content (AvgIpc) is 3.47. The van der Waals surface area contributed by atoms with Crippen LogP contribution in [0.25, 0.3) is 0 Å². The van der Waals surface area contributed by atoms with Gasteiger partial charge in [-0.2, -0.15) is 26.3 Å². The van der Waals surface area contributed by atoms with E-state index in [0.717, 1.165) is 4.90 Å². The number of piperazine rings is 1. The van der Waals surface area contributed by atoms with Gasteiger partial charge in [0.25, 0.3) is 5.91 Å². The molecule has 0 unspecified atom stereocenters. The van der Waals surface area contributed by atoms with Crippen LogP contribution in [-0.2, 0) is 28.5 Å². The van der Waals surface area contributed by atoms with Gasteiger partial charge in [-0.15, -0.1) is 0 Å². The van der Waals surface area contributed by atoms with E-state index in [1.165, 1.54) is 22.1 Å². The van der Waals surface area contributed by atoms with Crippen molar-refractivity contribution in [2.24, 2.45) is 5.92 Å². The molecule has 4 rings (SSSR count). The van der Waals surface area contributed by atoms with Crippen molar-refractivity contribution in [3.63, 3.8) is 0 Å². The number of alkyl halides is 6. The zero-order chi connectivity index (χ0) is 26.3. The van der Waals surface area contributed by atoms with Gasteiger partial charge < -0.3 is 19.1 Å². The molecular formula is C23H21F6N3O4. The molecular weight excluding hydrogens is 496 g/mol. The fraction of sp³-hybridized carbons (Fsp3) is 0.435. The monoisotopic (exact) mass is 517 g/mol. The summed E-state index contributed by atoms with van der Waals surface area (Å²) in [5.41, 5.74) is -3.26. The number of hydrogen-bond acceptors (Lipinski definition) is 4. The molecule has 1 aromatic carbocycles. The predicted molar refractivity (Wildman–Crippen MR) is 111 cm³/mol. The molecule has 0 N–H and O–H groups in total. The summed E-state index contributed by atoms with van der Waals surface area (Å²) in [7, 11) is 0. The molecule has 3 heterocycles. The van der Waals surface area contributed by atoms with Crippen molar-refractivity contribution >= 4 is 17.7 Å². The molecule has 36 heavy (non-hydrogen) atoms. The van der Waals surface area contributed by atoms with E-state index in [4.69, 9.17) is 4.42 Å². The third kappa shape index (κ3) is 5.49. The normalized spacial score (nSPS) is 19.2. The van der Waals surface area contributed by atoms with Crippen LogP contribution >= 0.6 is 0 Å². The summed E-state index contributed by atoms with van der Waals surface area (Å²) in [6, 6.07) is 4.29. The minimum absolute atomic E-state index is 0.0257. The van der Waals surface area contributed by atoms with Gasteiger partial charge in [-0.3, -0.25) is 14.4 Å². The first kappa shape index (κ1) is 25.6. The van der Waals surface area contributed by atoms with Crippen LogP contribution < -0.4 is 0 Å². The van der Waals surface area contributed by atoms with Crippen molar-refractivity contribution < 1.29 is 45.1 Å². The molecule has 2 fully saturated rings. The Kier molecular flexibility index (Phi) is 6.76. The summed E-state index contributed by atoms with van der Waals surface area (Å²) >= 11 is 0. The number of likely N-dealkylation sites (tertiary alicyclic amines) is 1. The molecule has 2 saturated heterocycles.